The van der Waals surface area contributed by atoms with E-state index in [0.717, 1.165) is 17.9 Å². The summed E-state index contributed by atoms with van der Waals surface area (Å²) in [7, 11) is 0. The van der Waals surface area contributed by atoms with Crippen LogP contribution in [-0.4, -0.2) is 35.1 Å². The lowest BCUT2D eigenvalue weighted by molar-refractivity contribution is -0.116. The van der Waals surface area contributed by atoms with Crippen molar-refractivity contribution < 1.29 is 19.1 Å². The molecule has 8 nitrogen and oxygen atoms in total. The van der Waals surface area contributed by atoms with Crippen LogP contribution >= 0.6 is 11.8 Å². The van der Waals surface area contributed by atoms with Gasteiger partial charge < -0.3 is 15.4 Å². The zero-order valence-corrected chi connectivity index (χ0v) is 18.4. The number of unbranched alkanes of at least 4 members (excludes halogenated alkanes) is 1. The Balaban J connectivity index is 2.29. The number of urea groups is 1. The largest absolute Gasteiger partial charge is 0.443 e. The van der Waals surface area contributed by atoms with Gasteiger partial charge in [-0.25, -0.2) is 20.4 Å². The van der Waals surface area contributed by atoms with Crippen molar-refractivity contribution >= 4 is 41.2 Å². The highest BCUT2D eigenvalue weighted by Crippen LogP contribution is 2.14. The lowest BCUT2D eigenvalue weighted by Gasteiger charge is -2.19. The third-order valence-electron chi connectivity index (χ3n) is 3.44. The maximum absolute atomic E-state index is 12.0. The van der Waals surface area contributed by atoms with Crippen molar-refractivity contribution in [3.05, 3.63) is 24.3 Å². The van der Waals surface area contributed by atoms with Gasteiger partial charge in [-0.1, -0.05) is 13.3 Å². The van der Waals surface area contributed by atoms with Gasteiger partial charge in [0.1, 0.15) is 5.60 Å². The van der Waals surface area contributed by atoms with E-state index in [1.54, 1.807) is 45.0 Å². The predicted octanol–water partition coefficient (Wildman–Crippen LogP) is 4.50. The SMILES string of the molecule is CCCCSCCCC(=O)Nc1ccc(NC(=O)NNC(=O)OC(C)(C)C)cc1. The second-order valence-electron chi connectivity index (χ2n) is 7.40. The van der Waals surface area contributed by atoms with Crippen molar-refractivity contribution in [1.82, 2.24) is 10.9 Å². The second kappa shape index (κ2) is 12.9. The molecule has 9 heteroatoms. The fourth-order valence-corrected chi connectivity index (χ4v) is 3.16. The number of carbonyl (C=O) groups excluding carboxylic acids is 3. The van der Waals surface area contributed by atoms with Gasteiger partial charge in [-0.3, -0.25) is 4.79 Å². The number of hydrazine groups is 1. The minimum Gasteiger partial charge on any atom is -0.443 e. The van der Waals surface area contributed by atoms with Gasteiger partial charge in [-0.05, 0) is 69.4 Å². The molecule has 0 heterocycles. The summed E-state index contributed by atoms with van der Waals surface area (Å²) in [4.78, 5) is 35.2. The van der Waals surface area contributed by atoms with E-state index in [9.17, 15) is 14.4 Å². The molecule has 0 aromatic heterocycles. The summed E-state index contributed by atoms with van der Waals surface area (Å²) >= 11 is 1.88. The zero-order valence-electron chi connectivity index (χ0n) is 17.6. The number of nitrogens with one attached hydrogen (secondary N) is 4. The van der Waals surface area contributed by atoms with E-state index < -0.39 is 17.7 Å². The van der Waals surface area contributed by atoms with Crippen LogP contribution in [0.4, 0.5) is 21.0 Å². The Kier molecular flexibility index (Phi) is 11.0. The third kappa shape index (κ3) is 12.6. The molecule has 1 aromatic carbocycles. The van der Waals surface area contributed by atoms with Crippen LogP contribution in [-0.2, 0) is 9.53 Å². The fourth-order valence-electron chi connectivity index (χ4n) is 2.12. The highest BCUT2D eigenvalue weighted by Gasteiger charge is 2.16. The normalized spacial score (nSPS) is 10.8. The molecule has 4 N–H and O–H groups in total. The number of thioether (sulfide) groups is 1. The molecule has 0 saturated carbocycles. The van der Waals surface area contributed by atoms with Gasteiger partial charge >= 0.3 is 12.1 Å². The number of carbonyl (C=O) groups is 3. The number of rotatable bonds is 9. The summed E-state index contributed by atoms with van der Waals surface area (Å²) in [6.07, 6.45) is 2.99. The van der Waals surface area contributed by atoms with Crippen LogP contribution in [0.1, 0.15) is 53.4 Å². The first-order valence-corrected chi connectivity index (χ1v) is 10.9. The predicted molar refractivity (Wildman–Crippen MR) is 118 cm³/mol. The molecule has 0 aliphatic carbocycles. The van der Waals surface area contributed by atoms with E-state index >= 15 is 0 Å². The first-order chi connectivity index (χ1) is 13.7. The topological polar surface area (TPSA) is 109 Å². The summed E-state index contributed by atoms with van der Waals surface area (Å²) in [5.41, 5.74) is 4.86. The maximum atomic E-state index is 12.0. The smallest absolute Gasteiger partial charge is 0.426 e. The van der Waals surface area contributed by atoms with Gasteiger partial charge in [-0.15, -0.1) is 0 Å². The van der Waals surface area contributed by atoms with Gasteiger partial charge in [0.2, 0.25) is 5.91 Å². The molecule has 1 aromatic rings. The first kappa shape index (κ1) is 24.6. The Morgan fingerprint density at radius 2 is 1.52 bits per heavy atom. The molecule has 0 fully saturated rings. The lowest BCUT2D eigenvalue weighted by atomic mass is 10.2. The average Bonchev–Trinajstić information content (AvgIpc) is 2.63. The highest BCUT2D eigenvalue weighted by molar-refractivity contribution is 7.99. The molecule has 162 valence electrons. The number of ether oxygens (including phenoxy) is 1. The van der Waals surface area contributed by atoms with E-state index in [-0.39, 0.29) is 5.91 Å². The van der Waals surface area contributed by atoms with E-state index in [4.69, 9.17) is 4.74 Å². The monoisotopic (exact) mass is 424 g/mol. The van der Waals surface area contributed by atoms with Gasteiger partial charge in [0.05, 0.1) is 0 Å². The first-order valence-electron chi connectivity index (χ1n) is 9.73. The van der Waals surface area contributed by atoms with Gasteiger partial charge in [0, 0.05) is 17.8 Å². The third-order valence-corrected chi connectivity index (χ3v) is 4.59. The molecule has 4 amide bonds. The maximum Gasteiger partial charge on any atom is 0.426 e. The van der Waals surface area contributed by atoms with Crippen molar-refractivity contribution in [2.75, 3.05) is 22.1 Å². The summed E-state index contributed by atoms with van der Waals surface area (Å²) in [5.74, 6) is 2.11. The van der Waals surface area contributed by atoms with Crippen molar-refractivity contribution in [2.45, 2.75) is 59.0 Å². The zero-order chi connectivity index (χ0) is 21.7. The van der Waals surface area contributed by atoms with Crippen LogP contribution < -0.4 is 21.5 Å². The number of anilines is 2. The van der Waals surface area contributed by atoms with Gasteiger partial charge in [0.25, 0.3) is 0 Å². The number of hydrogen-bond acceptors (Lipinski definition) is 5. The molecule has 0 aliphatic rings. The van der Waals surface area contributed by atoms with Crippen molar-refractivity contribution in [3.8, 4) is 0 Å². The minimum atomic E-state index is -0.755. The molecule has 1 rings (SSSR count). The standard InChI is InChI=1S/C20H32N4O4S/c1-5-6-13-29-14-7-8-17(25)21-15-9-11-16(12-10-15)22-18(26)23-24-19(27)28-20(2,3)4/h9-12H,5-8,13-14H2,1-4H3,(H,21,25)(H,24,27)(H2,22,23,26). The van der Waals surface area contributed by atoms with E-state index in [1.807, 2.05) is 11.8 Å². The molecule has 0 spiro atoms. The molecule has 0 aliphatic heterocycles. The van der Waals surface area contributed by atoms with Crippen LogP contribution in [0, 0.1) is 0 Å². The minimum absolute atomic E-state index is 0.0268. The Morgan fingerprint density at radius 3 is 2.10 bits per heavy atom. The summed E-state index contributed by atoms with van der Waals surface area (Å²) in [5, 5.41) is 5.40. The van der Waals surface area contributed by atoms with Gasteiger partial charge in [0.15, 0.2) is 0 Å². The molecule has 29 heavy (non-hydrogen) atoms. The average molecular weight is 425 g/mol. The van der Waals surface area contributed by atoms with Crippen LogP contribution in [0.5, 0.6) is 0 Å². The molecule has 0 saturated heterocycles. The molecule has 0 atom stereocenters. The summed E-state index contributed by atoms with van der Waals surface area (Å²) < 4.78 is 5.01. The summed E-state index contributed by atoms with van der Waals surface area (Å²) in [6.45, 7) is 7.33. The second-order valence-corrected chi connectivity index (χ2v) is 8.63. The highest BCUT2D eigenvalue weighted by atomic mass is 32.2. The van der Waals surface area contributed by atoms with Crippen LogP contribution in [0.2, 0.25) is 0 Å². The quantitative estimate of drug-likeness (QED) is 0.345. The van der Waals surface area contributed by atoms with E-state index in [1.165, 1.54) is 12.8 Å². The Bertz CT molecular complexity index is 659. The van der Waals surface area contributed by atoms with Crippen LogP contribution in [0.15, 0.2) is 24.3 Å². The summed E-state index contributed by atoms with van der Waals surface area (Å²) in [6, 6.07) is 6.09. The van der Waals surface area contributed by atoms with Crippen LogP contribution in [0.25, 0.3) is 0 Å². The van der Waals surface area contributed by atoms with Crippen molar-refractivity contribution in [1.29, 1.82) is 0 Å². The van der Waals surface area contributed by atoms with Crippen molar-refractivity contribution in [3.63, 3.8) is 0 Å². The van der Waals surface area contributed by atoms with Crippen molar-refractivity contribution in [2.24, 2.45) is 0 Å². The Morgan fingerprint density at radius 1 is 0.931 bits per heavy atom. The van der Waals surface area contributed by atoms with Gasteiger partial charge in [-0.2, -0.15) is 11.8 Å². The Hall–Kier alpha value is -2.42. The fraction of sp³-hybridized carbons (Fsp3) is 0.550. The number of benzene rings is 1. The van der Waals surface area contributed by atoms with E-state index in [0.29, 0.717) is 17.8 Å². The number of amides is 4. The molecular formula is C20H32N4O4S. The Labute approximate surface area is 176 Å². The lowest BCUT2D eigenvalue weighted by Crippen LogP contribution is -2.46. The molecular weight excluding hydrogens is 392 g/mol. The van der Waals surface area contributed by atoms with E-state index in [2.05, 4.69) is 28.4 Å². The molecule has 0 bridgehead atoms. The van der Waals surface area contributed by atoms with Crippen LogP contribution in [0.3, 0.4) is 0 Å². The number of hydrogen-bond donors (Lipinski definition) is 4. The molecule has 0 radical (unpaired) electrons. The molecule has 0 unspecified atom stereocenters.